The number of nitrogens with one attached hydrogen (secondary N) is 2. The fourth-order valence-electron chi connectivity index (χ4n) is 2.52. The van der Waals surface area contributed by atoms with Crippen LogP contribution < -0.4 is 10.6 Å². The number of rotatable bonds is 7. The fraction of sp³-hybridized carbons (Fsp3) is 0.381. The summed E-state index contributed by atoms with van der Waals surface area (Å²) < 4.78 is 13.0. The van der Waals surface area contributed by atoms with Gasteiger partial charge in [0.1, 0.15) is 5.82 Å². The van der Waals surface area contributed by atoms with Crippen LogP contribution in [0.2, 0.25) is 0 Å². The third kappa shape index (κ3) is 7.84. The van der Waals surface area contributed by atoms with Crippen molar-refractivity contribution in [3.05, 3.63) is 71.0 Å². The van der Waals surface area contributed by atoms with Crippen LogP contribution in [0.5, 0.6) is 0 Å². The number of halogens is 2. The van der Waals surface area contributed by atoms with Gasteiger partial charge in [0.15, 0.2) is 5.96 Å². The first-order valence-corrected chi connectivity index (χ1v) is 8.95. The van der Waals surface area contributed by atoms with Gasteiger partial charge < -0.3 is 10.6 Å². The third-order valence-corrected chi connectivity index (χ3v) is 4.46. The second-order valence-corrected chi connectivity index (χ2v) is 6.68. The van der Waals surface area contributed by atoms with Gasteiger partial charge in [0.2, 0.25) is 0 Å². The van der Waals surface area contributed by atoms with Gasteiger partial charge in [0.05, 0.1) is 0 Å². The maximum absolute atomic E-state index is 13.0. The van der Waals surface area contributed by atoms with Gasteiger partial charge >= 0.3 is 0 Å². The standard InChI is InChI=1S/C21H29FN4.HI/c1-16(2)26(4)15-19-8-6-5-7-18(19)14-25-21(23-3)24-13-17-9-11-20(22)12-10-17;/h5-12,16H,13-15H2,1-4H3,(H2,23,24,25);1H. The van der Waals surface area contributed by atoms with Gasteiger partial charge in [0, 0.05) is 32.7 Å². The van der Waals surface area contributed by atoms with Crippen molar-refractivity contribution >= 4 is 29.9 Å². The van der Waals surface area contributed by atoms with E-state index >= 15 is 0 Å². The van der Waals surface area contributed by atoms with E-state index in [4.69, 9.17) is 0 Å². The van der Waals surface area contributed by atoms with Crippen molar-refractivity contribution in [3.63, 3.8) is 0 Å². The number of aliphatic imine (C=N–C) groups is 1. The topological polar surface area (TPSA) is 39.7 Å². The lowest BCUT2D eigenvalue weighted by molar-refractivity contribution is 0.265. The van der Waals surface area contributed by atoms with Crippen LogP contribution in [0.25, 0.3) is 0 Å². The number of benzene rings is 2. The van der Waals surface area contributed by atoms with Crippen LogP contribution in [0.4, 0.5) is 4.39 Å². The molecule has 0 aliphatic heterocycles. The first-order chi connectivity index (χ1) is 12.5. The van der Waals surface area contributed by atoms with Crippen LogP contribution in [0, 0.1) is 5.82 Å². The molecule has 0 fully saturated rings. The molecule has 2 rings (SSSR count). The smallest absolute Gasteiger partial charge is 0.191 e. The maximum atomic E-state index is 13.0. The molecule has 0 atom stereocenters. The lowest BCUT2D eigenvalue weighted by Gasteiger charge is -2.23. The molecule has 0 aliphatic carbocycles. The Balaban J connectivity index is 0.00000364. The van der Waals surface area contributed by atoms with Crippen LogP contribution in [0.3, 0.4) is 0 Å². The normalized spacial score (nSPS) is 11.4. The lowest BCUT2D eigenvalue weighted by atomic mass is 10.1. The largest absolute Gasteiger partial charge is 0.352 e. The highest BCUT2D eigenvalue weighted by Crippen LogP contribution is 2.12. The van der Waals surface area contributed by atoms with Gasteiger partial charge in [-0.1, -0.05) is 36.4 Å². The van der Waals surface area contributed by atoms with Crippen molar-refractivity contribution in [2.24, 2.45) is 4.99 Å². The molecule has 0 radical (unpaired) electrons. The predicted molar refractivity (Wildman–Crippen MR) is 122 cm³/mol. The molecule has 2 aromatic rings. The minimum Gasteiger partial charge on any atom is -0.352 e. The molecule has 0 saturated heterocycles. The van der Waals surface area contributed by atoms with Crippen molar-refractivity contribution in [1.29, 1.82) is 0 Å². The zero-order valence-corrected chi connectivity index (χ0v) is 18.8. The maximum Gasteiger partial charge on any atom is 0.191 e. The summed E-state index contributed by atoms with van der Waals surface area (Å²) in [5.41, 5.74) is 3.57. The van der Waals surface area contributed by atoms with E-state index in [9.17, 15) is 4.39 Å². The predicted octanol–water partition coefficient (Wildman–Crippen LogP) is 4.15. The van der Waals surface area contributed by atoms with E-state index < -0.39 is 0 Å². The second kappa shape index (κ2) is 11.9. The number of hydrogen-bond donors (Lipinski definition) is 2. The Kier molecular flexibility index (Phi) is 10.3. The first kappa shape index (κ1) is 23.4. The van der Waals surface area contributed by atoms with Crippen LogP contribution >= 0.6 is 24.0 Å². The van der Waals surface area contributed by atoms with E-state index in [1.54, 1.807) is 19.2 Å². The minimum atomic E-state index is -0.223. The van der Waals surface area contributed by atoms with Crippen LogP contribution in [0.15, 0.2) is 53.5 Å². The molecule has 0 aliphatic rings. The minimum absolute atomic E-state index is 0. The summed E-state index contributed by atoms with van der Waals surface area (Å²) in [6, 6.07) is 15.4. The molecular formula is C21H30FIN4. The average Bonchev–Trinajstić information content (AvgIpc) is 2.64. The van der Waals surface area contributed by atoms with Crippen molar-refractivity contribution in [1.82, 2.24) is 15.5 Å². The molecule has 0 unspecified atom stereocenters. The molecule has 0 heterocycles. The number of guanidine groups is 1. The number of hydrogen-bond acceptors (Lipinski definition) is 2. The van der Waals surface area contributed by atoms with E-state index in [0.717, 1.165) is 18.1 Å². The van der Waals surface area contributed by atoms with Gasteiger partial charge in [-0.15, -0.1) is 24.0 Å². The van der Waals surface area contributed by atoms with E-state index in [1.807, 2.05) is 0 Å². The number of nitrogens with zero attached hydrogens (tertiary/aromatic N) is 2. The molecule has 27 heavy (non-hydrogen) atoms. The Morgan fingerprint density at radius 2 is 1.59 bits per heavy atom. The van der Waals surface area contributed by atoms with Gasteiger partial charge in [-0.05, 0) is 49.7 Å². The highest BCUT2D eigenvalue weighted by Gasteiger charge is 2.08. The third-order valence-electron chi connectivity index (χ3n) is 4.46. The van der Waals surface area contributed by atoms with E-state index in [-0.39, 0.29) is 29.8 Å². The van der Waals surface area contributed by atoms with Gasteiger partial charge in [-0.2, -0.15) is 0 Å². The van der Waals surface area contributed by atoms with Crippen molar-refractivity contribution in [3.8, 4) is 0 Å². The van der Waals surface area contributed by atoms with Crippen molar-refractivity contribution < 1.29 is 4.39 Å². The second-order valence-electron chi connectivity index (χ2n) is 6.68. The van der Waals surface area contributed by atoms with E-state index in [2.05, 4.69) is 65.7 Å². The molecule has 4 nitrogen and oxygen atoms in total. The SMILES string of the molecule is CN=C(NCc1ccc(F)cc1)NCc1ccccc1CN(C)C(C)C.I. The van der Waals surface area contributed by atoms with Crippen molar-refractivity contribution in [2.45, 2.75) is 39.5 Å². The zero-order chi connectivity index (χ0) is 18.9. The first-order valence-electron chi connectivity index (χ1n) is 8.95. The molecular weight excluding hydrogens is 454 g/mol. The van der Waals surface area contributed by atoms with E-state index in [0.29, 0.717) is 19.1 Å². The Morgan fingerprint density at radius 3 is 2.19 bits per heavy atom. The highest BCUT2D eigenvalue weighted by atomic mass is 127. The van der Waals surface area contributed by atoms with Crippen LogP contribution in [0.1, 0.15) is 30.5 Å². The Hall–Kier alpha value is -1.67. The summed E-state index contributed by atoms with van der Waals surface area (Å²) in [5.74, 6) is 0.501. The van der Waals surface area contributed by atoms with Gasteiger partial charge in [-0.25, -0.2) is 4.39 Å². The molecule has 0 spiro atoms. The molecule has 0 bridgehead atoms. The molecule has 2 N–H and O–H groups in total. The summed E-state index contributed by atoms with van der Waals surface area (Å²) in [7, 11) is 3.89. The Labute approximate surface area is 179 Å². The quantitative estimate of drug-likeness (QED) is 0.353. The Morgan fingerprint density at radius 1 is 1.00 bits per heavy atom. The molecule has 0 amide bonds. The summed E-state index contributed by atoms with van der Waals surface area (Å²) in [6.45, 7) is 6.60. The van der Waals surface area contributed by atoms with Crippen LogP contribution in [-0.2, 0) is 19.6 Å². The molecule has 148 valence electrons. The van der Waals surface area contributed by atoms with E-state index in [1.165, 1.54) is 23.3 Å². The summed E-state index contributed by atoms with van der Waals surface area (Å²) in [5, 5.41) is 6.62. The van der Waals surface area contributed by atoms with Gasteiger partial charge in [-0.3, -0.25) is 9.89 Å². The van der Waals surface area contributed by atoms with Crippen molar-refractivity contribution in [2.75, 3.05) is 14.1 Å². The van der Waals surface area contributed by atoms with Crippen LogP contribution in [-0.4, -0.2) is 31.0 Å². The molecule has 0 saturated carbocycles. The average molecular weight is 484 g/mol. The Bertz CT molecular complexity index is 716. The molecule has 6 heteroatoms. The summed E-state index contributed by atoms with van der Waals surface area (Å²) in [6.07, 6.45) is 0. The molecule has 0 aromatic heterocycles. The summed E-state index contributed by atoms with van der Waals surface area (Å²) in [4.78, 5) is 6.58. The lowest BCUT2D eigenvalue weighted by Crippen LogP contribution is -2.36. The summed E-state index contributed by atoms with van der Waals surface area (Å²) >= 11 is 0. The van der Waals surface area contributed by atoms with Gasteiger partial charge in [0.25, 0.3) is 0 Å². The fourth-order valence-corrected chi connectivity index (χ4v) is 2.52. The monoisotopic (exact) mass is 484 g/mol. The highest BCUT2D eigenvalue weighted by molar-refractivity contribution is 14.0. The molecule has 2 aromatic carbocycles. The zero-order valence-electron chi connectivity index (χ0n) is 16.5.